The Morgan fingerprint density at radius 1 is 1.29 bits per heavy atom. The highest BCUT2D eigenvalue weighted by Crippen LogP contribution is 2.22. The number of aliphatic hydroxyl groups excluding tert-OH is 1. The van der Waals surface area contributed by atoms with E-state index in [0.29, 0.717) is 6.61 Å². The minimum Gasteiger partial charge on any atom is -0.491 e. The second kappa shape index (κ2) is 7.30. The SMILES string of the molecule is CCCNC(CO)COc1c(C)cccc1C. The van der Waals surface area contributed by atoms with Crippen LogP contribution in [0.1, 0.15) is 24.5 Å². The van der Waals surface area contributed by atoms with Crippen LogP contribution in [0, 0.1) is 13.8 Å². The van der Waals surface area contributed by atoms with Crippen LogP contribution in [-0.2, 0) is 0 Å². The van der Waals surface area contributed by atoms with Crippen LogP contribution < -0.4 is 10.1 Å². The number of benzene rings is 1. The first-order valence-corrected chi connectivity index (χ1v) is 6.22. The molecule has 2 N–H and O–H groups in total. The number of hydrogen-bond acceptors (Lipinski definition) is 3. The molecule has 1 atom stereocenters. The highest BCUT2D eigenvalue weighted by Gasteiger charge is 2.09. The van der Waals surface area contributed by atoms with E-state index in [-0.39, 0.29) is 12.6 Å². The third-order valence-electron chi connectivity index (χ3n) is 2.74. The Balaban J connectivity index is 2.53. The lowest BCUT2D eigenvalue weighted by atomic mass is 10.1. The minimum atomic E-state index is 0.00829. The van der Waals surface area contributed by atoms with Crippen molar-refractivity contribution in [3.8, 4) is 5.75 Å². The van der Waals surface area contributed by atoms with Crippen LogP contribution in [0.2, 0.25) is 0 Å². The van der Waals surface area contributed by atoms with E-state index in [9.17, 15) is 5.11 Å². The molecule has 1 rings (SSSR count). The Bertz CT molecular complexity index is 319. The van der Waals surface area contributed by atoms with E-state index in [1.54, 1.807) is 0 Å². The van der Waals surface area contributed by atoms with Crippen LogP contribution in [0.15, 0.2) is 18.2 Å². The number of hydrogen-bond donors (Lipinski definition) is 2. The number of ether oxygens (including phenoxy) is 1. The molecule has 0 aromatic heterocycles. The third kappa shape index (κ3) is 4.36. The summed E-state index contributed by atoms with van der Waals surface area (Å²) >= 11 is 0. The predicted molar refractivity (Wildman–Crippen MR) is 70.6 cm³/mol. The van der Waals surface area contributed by atoms with Crippen molar-refractivity contribution >= 4 is 0 Å². The fourth-order valence-corrected chi connectivity index (χ4v) is 1.74. The Hall–Kier alpha value is -1.06. The van der Waals surface area contributed by atoms with Gasteiger partial charge in [0.2, 0.25) is 0 Å². The maximum Gasteiger partial charge on any atom is 0.125 e. The van der Waals surface area contributed by atoms with Crippen molar-refractivity contribution in [2.24, 2.45) is 0 Å². The van der Waals surface area contributed by atoms with Crippen molar-refractivity contribution in [1.29, 1.82) is 0 Å². The number of para-hydroxylation sites is 1. The summed E-state index contributed by atoms with van der Waals surface area (Å²) in [5, 5.41) is 12.5. The van der Waals surface area contributed by atoms with Crippen LogP contribution in [0.3, 0.4) is 0 Å². The fourth-order valence-electron chi connectivity index (χ4n) is 1.74. The monoisotopic (exact) mass is 237 g/mol. The zero-order chi connectivity index (χ0) is 12.7. The Morgan fingerprint density at radius 2 is 1.94 bits per heavy atom. The maximum atomic E-state index is 9.23. The smallest absolute Gasteiger partial charge is 0.125 e. The van der Waals surface area contributed by atoms with Crippen molar-refractivity contribution in [2.45, 2.75) is 33.2 Å². The number of rotatable bonds is 7. The molecule has 0 amide bonds. The van der Waals surface area contributed by atoms with E-state index in [2.05, 4.69) is 12.2 Å². The molecule has 0 aliphatic carbocycles. The average Bonchev–Trinajstić information content (AvgIpc) is 2.32. The zero-order valence-electron chi connectivity index (χ0n) is 11.0. The van der Waals surface area contributed by atoms with Gasteiger partial charge in [0.05, 0.1) is 12.6 Å². The first-order valence-electron chi connectivity index (χ1n) is 6.22. The summed E-state index contributed by atoms with van der Waals surface area (Å²) in [7, 11) is 0. The lowest BCUT2D eigenvalue weighted by molar-refractivity contribution is 0.182. The second-order valence-corrected chi connectivity index (χ2v) is 4.37. The van der Waals surface area contributed by atoms with Crippen LogP contribution in [0.5, 0.6) is 5.75 Å². The number of aliphatic hydroxyl groups is 1. The van der Waals surface area contributed by atoms with E-state index in [0.717, 1.165) is 29.8 Å². The highest BCUT2D eigenvalue weighted by molar-refractivity contribution is 5.39. The van der Waals surface area contributed by atoms with Crippen LogP contribution in [0.25, 0.3) is 0 Å². The second-order valence-electron chi connectivity index (χ2n) is 4.37. The molecule has 0 bridgehead atoms. The molecule has 3 nitrogen and oxygen atoms in total. The van der Waals surface area contributed by atoms with Gasteiger partial charge in [-0.2, -0.15) is 0 Å². The molecule has 1 aromatic carbocycles. The Morgan fingerprint density at radius 3 is 2.47 bits per heavy atom. The molecule has 0 aliphatic heterocycles. The van der Waals surface area contributed by atoms with Crippen LogP contribution in [0.4, 0.5) is 0 Å². The summed E-state index contributed by atoms with van der Waals surface area (Å²) in [6.07, 6.45) is 1.06. The minimum absolute atomic E-state index is 0.00829. The Kier molecular flexibility index (Phi) is 6.01. The lowest BCUT2D eigenvalue weighted by Crippen LogP contribution is -2.38. The molecular formula is C14H23NO2. The Labute approximate surface area is 104 Å². The highest BCUT2D eigenvalue weighted by atomic mass is 16.5. The first kappa shape index (κ1) is 14.0. The summed E-state index contributed by atoms with van der Waals surface area (Å²) in [6, 6.07) is 6.11. The molecule has 0 spiro atoms. The molecule has 1 aromatic rings. The molecule has 0 heterocycles. The normalized spacial score (nSPS) is 12.5. The van der Waals surface area contributed by atoms with E-state index in [1.165, 1.54) is 0 Å². The van der Waals surface area contributed by atoms with Gasteiger partial charge >= 0.3 is 0 Å². The average molecular weight is 237 g/mol. The van der Waals surface area contributed by atoms with Gasteiger partial charge in [0.25, 0.3) is 0 Å². The standard InChI is InChI=1S/C14H23NO2/c1-4-8-15-13(9-16)10-17-14-11(2)6-5-7-12(14)3/h5-7,13,15-16H,4,8-10H2,1-3H3. The summed E-state index contributed by atoms with van der Waals surface area (Å²) in [5.74, 6) is 0.934. The van der Waals surface area contributed by atoms with Gasteiger partial charge in [-0.3, -0.25) is 0 Å². The molecule has 96 valence electrons. The molecule has 1 unspecified atom stereocenters. The van der Waals surface area contributed by atoms with Gasteiger partial charge < -0.3 is 15.2 Å². The molecule has 0 saturated carbocycles. The summed E-state index contributed by atoms with van der Waals surface area (Å²) in [6.45, 7) is 7.69. The van der Waals surface area contributed by atoms with Crippen molar-refractivity contribution in [3.63, 3.8) is 0 Å². The van der Waals surface area contributed by atoms with Crippen molar-refractivity contribution < 1.29 is 9.84 Å². The summed E-state index contributed by atoms with van der Waals surface area (Å²) < 4.78 is 5.80. The van der Waals surface area contributed by atoms with Crippen molar-refractivity contribution in [2.75, 3.05) is 19.8 Å². The van der Waals surface area contributed by atoms with Gasteiger partial charge in [0.15, 0.2) is 0 Å². The summed E-state index contributed by atoms with van der Waals surface area (Å²) in [5.41, 5.74) is 2.27. The zero-order valence-corrected chi connectivity index (χ0v) is 11.0. The largest absolute Gasteiger partial charge is 0.491 e. The molecule has 0 saturated heterocycles. The van der Waals surface area contributed by atoms with Crippen molar-refractivity contribution in [3.05, 3.63) is 29.3 Å². The van der Waals surface area contributed by atoms with Crippen LogP contribution in [-0.4, -0.2) is 30.9 Å². The first-order chi connectivity index (χ1) is 8.19. The summed E-state index contributed by atoms with van der Waals surface area (Å²) in [4.78, 5) is 0. The van der Waals surface area contributed by atoms with Crippen LogP contribution >= 0.6 is 0 Å². The van der Waals surface area contributed by atoms with E-state index < -0.39 is 0 Å². The molecule has 0 radical (unpaired) electrons. The number of aryl methyl sites for hydroxylation is 2. The lowest BCUT2D eigenvalue weighted by Gasteiger charge is -2.18. The quantitative estimate of drug-likeness (QED) is 0.762. The predicted octanol–water partition coefficient (Wildman–Crippen LogP) is 2.04. The maximum absolute atomic E-state index is 9.23. The van der Waals surface area contributed by atoms with E-state index in [1.807, 2.05) is 32.0 Å². The van der Waals surface area contributed by atoms with Gasteiger partial charge in [0, 0.05) is 0 Å². The van der Waals surface area contributed by atoms with Crippen molar-refractivity contribution in [1.82, 2.24) is 5.32 Å². The molecule has 0 aliphatic rings. The van der Waals surface area contributed by atoms with Gasteiger partial charge in [-0.05, 0) is 37.9 Å². The molecule has 17 heavy (non-hydrogen) atoms. The fraction of sp³-hybridized carbons (Fsp3) is 0.571. The van der Waals surface area contributed by atoms with Gasteiger partial charge in [-0.15, -0.1) is 0 Å². The van der Waals surface area contributed by atoms with Gasteiger partial charge in [-0.1, -0.05) is 25.1 Å². The third-order valence-corrected chi connectivity index (χ3v) is 2.74. The topological polar surface area (TPSA) is 41.5 Å². The molecule has 0 fully saturated rings. The van der Waals surface area contributed by atoms with Gasteiger partial charge in [-0.25, -0.2) is 0 Å². The van der Waals surface area contributed by atoms with E-state index in [4.69, 9.17) is 4.74 Å². The molecule has 3 heteroatoms. The van der Waals surface area contributed by atoms with Gasteiger partial charge in [0.1, 0.15) is 12.4 Å². The number of nitrogens with one attached hydrogen (secondary N) is 1. The molecular weight excluding hydrogens is 214 g/mol. The van der Waals surface area contributed by atoms with E-state index >= 15 is 0 Å².